The van der Waals surface area contributed by atoms with Crippen molar-refractivity contribution in [3.8, 4) is 0 Å². The van der Waals surface area contributed by atoms with E-state index in [1.807, 2.05) is 25.1 Å². The van der Waals surface area contributed by atoms with Crippen molar-refractivity contribution in [3.05, 3.63) is 39.9 Å². The van der Waals surface area contributed by atoms with E-state index < -0.39 is 24.5 Å². The maximum Gasteiger partial charge on any atom is 0.330 e. The number of rotatable bonds is 5. The van der Waals surface area contributed by atoms with Gasteiger partial charge in [0.15, 0.2) is 6.04 Å². The zero-order valence-corrected chi connectivity index (χ0v) is 12.8. The van der Waals surface area contributed by atoms with Crippen LogP contribution in [0.15, 0.2) is 28.7 Å². The van der Waals surface area contributed by atoms with E-state index in [-0.39, 0.29) is 0 Å². The van der Waals surface area contributed by atoms with Crippen molar-refractivity contribution in [1.82, 2.24) is 5.32 Å². The van der Waals surface area contributed by atoms with Gasteiger partial charge in [-0.25, -0.2) is 4.79 Å². The zero-order chi connectivity index (χ0) is 15.1. The topological polar surface area (TPSA) is 75.6 Å². The number of esters is 1. The van der Waals surface area contributed by atoms with E-state index in [2.05, 4.69) is 26.0 Å². The Balaban J connectivity index is 2.70. The van der Waals surface area contributed by atoms with Gasteiger partial charge in [0, 0.05) is 10.5 Å². The van der Waals surface area contributed by atoms with Gasteiger partial charge in [-0.15, -0.1) is 0 Å². The Bertz CT molecular complexity index is 528. The molecule has 0 saturated carbocycles. The Kier molecular flexibility index (Phi) is 6.41. The Morgan fingerprint density at radius 3 is 2.75 bits per heavy atom. The molecule has 0 aromatic heterocycles. The molecule has 0 spiro atoms. The first-order valence-corrected chi connectivity index (χ1v) is 6.70. The normalized spacial score (nSPS) is 12.2. The molecule has 0 aliphatic carbocycles. The smallest absolute Gasteiger partial charge is 0.330 e. The number of aryl methyl sites for hydroxylation is 1. The maximum atomic E-state index is 11.7. The summed E-state index contributed by atoms with van der Waals surface area (Å²) >= 11 is 3.40. The summed E-state index contributed by atoms with van der Waals surface area (Å²) in [6, 6.07) is 4.67. The first-order valence-electron chi connectivity index (χ1n) is 5.91. The van der Waals surface area contributed by atoms with Gasteiger partial charge in [0.05, 0.1) is 13.7 Å². The lowest BCUT2D eigenvalue weighted by molar-refractivity contribution is -0.145. The number of nitrogens with one attached hydrogen (secondary N) is 1. The highest BCUT2D eigenvalue weighted by Crippen LogP contribution is 2.19. The second-order valence-electron chi connectivity index (χ2n) is 4.13. The molecule has 1 aromatic carbocycles. The summed E-state index contributed by atoms with van der Waals surface area (Å²) in [4.78, 5) is 22.9. The highest BCUT2D eigenvalue weighted by atomic mass is 79.9. The molecule has 5 nitrogen and oxygen atoms in total. The van der Waals surface area contributed by atoms with Crippen LogP contribution in [0.1, 0.15) is 11.1 Å². The molecule has 0 heterocycles. The van der Waals surface area contributed by atoms with Gasteiger partial charge in [-0.3, -0.25) is 4.79 Å². The van der Waals surface area contributed by atoms with Crippen molar-refractivity contribution in [2.45, 2.75) is 13.0 Å². The predicted octanol–water partition coefficient (Wildman–Crippen LogP) is 1.42. The number of methoxy groups -OCH3 is 1. The van der Waals surface area contributed by atoms with Crippen molar-refractivity contribution in [3.63, 3.8) is 0 Å². The van der Waals surface area contributed by atoms with Crippen LogP contribution in [0.2, 0.25) is 0 Å². The Morgan fingerprint density at radius 1 is 1.50 bits per heavy atom. The van der Waals surface area contributed by atoms with Gasteiger partial charge in [0.1, 0.15) is 0 Å². The zero-order valence-electron chi connectivity index (χ0n) is 11.2. The fourth-order valence-corrected chi connectivity index (χ4v) is 2.10. The Hall–Kier alpha value is -1.66. The van der Waals surface area contributed by atoms with Gasteiger partial charge in [0.2, 0.25) is 5.91 Å². The number of halogens is 1. The van der Waals surface area contributed by atoms with Gasteiger partial charge in [-0.1, -0.05) is 28.1 Å². The van der Waals surface area contributed by atoms with Crippen molar-refractivity contribution >= 4 is 33.9 Å². The Morgan fingerprint density at radius 2 is 2.20 bits per heavy atom. The highest BCUT2D eigenvalue weighted by molar-refractivity contribution is 9.10. The van der Waals surface area contributed by atoms with Crippen LogP contribution in [-0.4, -0.2) is 36.7 Å². The molecule has 6 heteroatoms. The summed E-state index contributed by atoms with van der Waals surface area (Å²) in [7, 11) is 1.19. The van der Waals surface area contributed by atoms with Gasteiger partial charge in [0.25, 0.3) is 0 Å². The van der Waals surface area contributed by atoms with E-state index in [0.717, 1.165) is 15.6 Å². The number of ether oxygens (including phenoxy) is 1. The fraction of sp³-hybridized carbons (Fsp3) is 0.286. The molecule has 0 fully saturated rings. The summed E-state index contributed by atoms with van der Waals surface area (Å²) in [5.74, 6) is -1.17. The molecule has 0 bridgehead atoms. The first kappa shape index (κ1) is 16.4. The molecule has 1 aromatic rings. The van der Waals surface area contributed by atoms with Crippen LogP contribution in [0.4, 0.5) is 0 Å². The molecule has 20 heavy (non-hydrogen) atoms. The third kappa shape index (κ3) is 4.79. The van der Waals surface area contributed by atoms with E-state index in [0.29, 0.717) is 0 Å². The first-order chi connectivity index (χ1) is 9.47. The lowest BCUT2D eigenvalue weighted by atomic mass is 10.1. The molecular weight excluding hydrogens is 326 g/mol. The average Bonchev–Trinajstić information content (AvgIpc) is 2.43. The lowest BCUT2D eigenvalue weighted by Crippen LogP contribution is -2.43. The average molecular weight is 342 g/mol. The van der Waals surface area contributed by atoms with Crippen LogP contribution >= 0.6 is 15.9 Å². The van der Waals surface area contributed by atoms with Gasteiger partial charge < -0.3 is 15.2 Å². The van der Waals surface area contributed by atoms with Crippen LogP contribution in [0, 0.1) is 6.92 Å². The van der Waals surface area contributed by atoms with Crippen molar-refractivity contribution in [1.29, 1.82) is 0 Å². The second kappa shape index (κ2) is 7.81. The molecule has 0 saturated heterocycles. The second-order valence-corrected chi connectivity index (χ2v) is 4.98. The fourth-order valence-electron chi connectivity index (χ4n) is 1.47. The molecule has 0 aliphatic heterocycles. The van der Waals surface area contributed by atoms with Crippen molar-refractivity contribution in [2.24, 2.45) is 0 Å². The molecule has 2 N–H and O–H groups in total. The molecule has 1 atom stereocenters. The number of amides is 1. The van der Waals surface area contributed by atoms with Crippen LogP contribution in [0.25, 0.3) is 6.08 Å². The third-order valence-electron chi connectivity index (χ3n) is 2.55. The van der Waals surface area contributed by atoms with Crippen LogP contribution in [0.3, 0.4) is 0 Å². The van der Waals surface area contributed by atoms with Crippen molar-refractivity contribution < 1.29 is 19.4 Å². The molecule has 0 unspecified atom stereocenters. The molecule has 0 radical (unpaired) electrons. The van der Waals surface area contributed by atoms with E-state index in [1.165, 1.54) is 13.2 Å². The monoisotopic (exact) mass is 341 g/mol. The minimum Gasteiger partial charge on any atom is -0.467 e. The highest BCUT2D eigenvalue weighted by Gasteiger charge is 2.19. The number of aliphatic hydroxyl groups is 1. The van der Waals surface area contributed by atoms with E-state index in [1.54, 1.807) is 6.08 Å². The predicted molar refractivity (Wildman–Crippen MR) is 78.9 cm³/mol. The summed E-state index contributed by atoms with van der Waals surface area (Å²) in [6.07, 6.45) is 2.91. The molecule has 108 valence electrons. The van der Waals surface area contributed by atoms with Crippen molar-refractivity contribution in [2.75, 3.05) is 13.7 Å². The van der Waals surface area contributed by atoms with Gasteiger partial charge in [-0.2, -0.15) is 0 Å². The maximum absolute atomic E-state index is 11.7. The van der Waals surface area contributed by atoms with Crippen LogP contribution < -0.4 is 5.32 Å². The van der Waals surface area contributed by atoms with Gasteiger partial charge >= 0.3 is 5.97 Å². The molecular formula is C14H16BrNO4. The summed E-state index contributed by atoms with van der Waals surface area (Å²) in [6.45, 7) is 1.45. The van der Waals surface area contributed by atoms with E-state index in [9.17, 15) is 9.59 Å². The van der Waals surface area contributed by atoms with E-state index in [4.69, 9.17) is 5.11 Å². The number of carbonyl (C=O) groups is 2. The molecule has 1 amide bonds. The molecule has 1 rings (SSSR count). The number of aliphatic hydroxyl groups excluding tert-OH is 1. The number of carbonyl (C=O) groups excluding carboxylic acids is 2. The minimum absolute atomic E-state index is 0.484. The summed E-state index contributed by atoms with van der Waals surface area (Å²) in [5, 5.41) is 11.3. The lowest BCUT2D eigenvalue weighted by Gasteiger charge is -2.12. The standard InChI is InChI=1S/C14H16BrNO4/c1-9-3-4-10(11(15)7-9)5-6-13(18)16-12(8-17)14(19)20-2/h3-7,12,17H,8H2,1-2H3,(H,16,18)/b6-5+/t12-/m1/s1. The largest absolute Gasteiger partial charge is 0.467 e. The van der Waals surface area contributed by atoms with E-state index >= 15 is 0 Å². The summed E-state index contributed by atoms with van der Waals surface area (Å²) in [5.41, 5.74) is 1.94. The molecule has 0 aliphatic rings. The Labute approximate surface area is 125 Å². The third-order valence-corrected chi connectivity index (χ3v) is 3.24. The quantitative estimate of drug-likeness (QED) is 0.627. The van der Waals surface area contributed by atoms with Gasteiger partial charge in [-0.05, 0) is 30.2 Å². The number of hydrogen-bond donors (Lipinski definition) is 2. The van der Waals surface area contributed by atoms with Crippen LogP contribution in [-0.2, 0) is 14.3 Å². The SMILES string of the molecule is COC(=O)[C@@H](CO)NC(=O)/C=C/c1ccc(C)cc1Br. The number of hydrogen-bond acceptors (Lipinski definition) is 4. The summed E-state index contributed by atoms with van der Waals surface area (Å²) < 4.78 is 5.32. The number of benzene rings is 1. The minimum atomic E-state index is -1.06. The van der Waals surface area contributed by atoms with Crippen LogP contribution in [0.5, 0.6) is 0 Å².